The molecule has 0 radical (unpaired) electrons. The average molecular weight is 200 g/mol. The van der Waals surface area contributed by atoms with Gasteiger partial charge in [0.2, 0.25) is 5.91 Å². The van der Waals surface area contributed by atoms with Crippen LogP contribution in [0.1, 0.15) is 0 Å². The maximum Gasteiger partial charge on any atom is 0.240 e. The molecule has 0 spiro atoms. The van der Waals surface area contributed by atoms with Crippen molar-refractivity contribution in [2.75, 3.05) is 0 Å². The molecule has 0 saturated heterocycles. The highest BCUT2D eigenvalue weighted by atomic mass is 16.1. The van der Waals surface area contributed by atoms with Gasteiger partial charge in [-0.2, -0.15) is 0 Å². The van der Waals surface area contributed by atoms with Crippen molar-refractivity contribution in [3.05, 3.63) is 55.4 Å². The first-order chi connectivity index (χ1) is 7.24. The number of benzene rings is 1. The molecule has 2 aromatic rings. The Kier molecular flexibility index (Phi) is 4.04. The Hall–Kier alpha value is -2.16. The lowest BCUT2D eigenvalue weighted by Crippen LogP contribution is -2.04. The summed E-state index contributed by atoms with van der Waals surface area (Å²) in [5.74, 6) is -0.481. The van der Waals surface area contributed by atoms with Crippen molar-refractivity contribution in [3.8, 4) is 0 Å². The van der Waals surface area contributed by atoms with Gasteiger partial charge in [0.05, 0.1) is 0 Å². The van der Waals surface area contributed by atoms with Gasteiger partial charge in [-0.25, -0.2) is 0 Å². The van der Waals surface area contributed by atoms with Gasteiger partial charge in [0.25, 0.3) is 0 Å². The van der Waals surface area contributed by atoms with Gasteiger partial charge < -0.3 is 5.73 Å². The molecule has 0 unspecified atom stereocenters. The molecule has 0 aliphatic rings. The lowest BCUT2D eigenvalue weighted by atomic mass is 10.2. The standard InChI is InChI=1S/C9H7N.C3H5NO/c1-2-4-9-7-10-6-5-8(9)3-1;1-2-3(4)5/h1-7H;2H,1H2,(H2,4,5). The number of aromatic nitrogens is 1. The van der Waals surface area contributed by atoms with Crippen molar-refractivity contribution in [2.45, 2.75) is 0 Å². The molecule has 1 amide bonds. The van der Waals surface area contributed by atoms with Crippen molar-refractivity contribution < 1.29 is 4.79 Å². The SMILES string of the molecule is C=CC(N)=O.c1ccc2cnccc2c1. The predicted molar refractivity (Wildman–Crippen MR) is 61.1 cm³/mol. The van der Waals surface area contributed by atoms with Gasteiger partial charge in [0.15, 0.2) is 0 Å². The number of hydrogen-bond acceptors (Lipinski definition) is 2. The van der Waals surface area contributed by atoms with E-state index in [4.69, 9.17) is 0 Å². The van der Waals surface area contributed by atoms with E-state index in [1.54, 1.807) is 0 Å². The fraction of sp³-hybridized carbons (Fsp3) is 0. The first-order valence-electron chi connectivity index (χ1n) is 4.44. The molecule has 0 atom stereocenters. The number of carbonyl (C=O) groups is 1. The second-order valence-electron chi connectivity index (χ2n) is 2.83. The molecule has 0 fully saturated rings. The number of nitrogens with zero attached hydrogens (tertiary/aromatic N) is 1. The predicted octanol–water partition coefficient (Wildman–Crippen LogP) is 1.89. The zero-order valence-corrected chi connectivity index (χ0v) is 8.26. The number of pyridine rings is 1. The highest BCUT2D eigenvalue weighted by molar-refractivity contribution is 5.85. The molecule has 15 heavy (non-hydrogen) atoms. The summed E-state index contributed by atoms with van der Waals surface area (Å²) < 4.78 is 0. The zero-order chi connectivity index (χ0) is 11.1. The van der Waals surface area contributed by atoms with Crippen LogP contribution in [0.25, 0.3) is 10.8 Å². The molecule has 76 valence electrons. The topological polar surface area (TPSA) is 56.0 Å². The molecule has 0 aliphatic heterocycles. The third-order valence-corrected chi connectivity index (χ3v) is 1.75. The average Bonchev–Trinajstić information content (AvgIpc) is 2.30. The summed E-state index contributed by atoms with van der Waals surface area (Å²) in [4.78, 5) is 13.5. The lowest BCUT2D eigenvalue weighted by molar-refractivity contribution is -0.113. The maximum atomic E-state index is 9.47. The summed E-state index contributed by atoms with van der Waals surface area (Å²) in [6, 6.07) is 10.2. The van der Waals surface area contributed by atoms with Gasteiger partial charge >= 0.3 is 0 Å². The quantitative estimate of drug-likeness (QED) is 0.715. The van der Waals surface area contributed by atoms with E-state index in [0.717, 1.165) is 6.08 Å². The molecule has 0 bridgehead atoms. The number of fused-ring (bicyclic) bond motifs is 1. The minimum Gasteiger partial charge on any atom is -0.366 e. The normalized spacial score (nSPS) is 8.80. The van der Waals surface area contributed by atoms with Crippen LogP contribution < -0.4 is 5.73 Å². The molecule has 1 aromatic carbocycles. The number of carbonyl (C=O) groups excluding carboxylic acids is 1. The van der Waals surface area contributed by atoms with Crippen LogP contribution in [-0.4, -0.2) is 10.9 Å². The van der Waals surface area contributed by atoms with E-state index < -0.39 is 5.91 Å². The Morgan fingerprint density at radius 2 is 1.87 bits per heavy atom. The van der Waals surface area contributed by atoms with Crippen LogP contribution in [0.4, 0.5) is 0 Å². The van der Waals surface area contributed by atoms with E-state index in [-0.39, 0.29) is 0 Å². The van der Waals surface area contributed by atoms with Crippen LogP contribution in [0.2, 0.25) is 0 Å². The van der Waals surface area contributed by atoms with Gasteiger partial charge in [0, 0.05) is 12.4 Å². The van der Waals surface area contributed by atoms with Crippen molar-refractivity contribution in [1.82, 2.24) is 4.98 Å². The monoisotopic (exact) mass is 200 g/mol. The molecule has 1 heterocycles. The third kappa shape index (κ3) is 3.60. The molecule has 0 saturated carbocycles. The third-order valence-electron chi connectivity index (χ3n) is 1.75. The second-order valence-corrected chi connectivity index (χ2v) is 2.83. The molecule has 0 aliphatic carbocycles. The van der Waals surface area contributed by atoms with Gasteiger partial charge in [-0.1, -0.05) is 30.8 Å². The van der Waals surface area contributed by atoms with E-state index in [1.807, 2.05) is 30.6 Å². The van der Waals surface area contributed by atoms with Gasteiger partial charge in [-0.15, -0.1) is 0 Å². The number of nitrogens with two attached hydrogens (primary N) is 1. The van der Waals surface area contributed by atoms with E-state index in [0.29, 0.717) is 0 Å². The molecule has 3 heteroatoms. The van der Waals surface area contributed by atoms with Gasteiger partial charge in [-0.3, -0.25) is 9.78 Å². The van der Waals surface area contributed by atoms with Crippen molar-refractivity contribution >= 4 is 16.7 Å². The van der Waals surface area contributed by atoms with Crippen LogP contribution in [0.5, 0.6) is 0 Å². The summed E-state index contributed by atoms with van der Waals surface area (Å²) in [7, 11) is 0. The number of amides is 1. The smallest absolute Gasteiger partial charge is 0.240 e. The van der Waals surface area contributed by atoms with E-state index in [9.17, 15) is 4.79 Å². The van der Waals surface area contributed by atoms with Gasteiger partial charge in [-0.05, 0) is 22.9 Å². The first-order valence-corrected chi connectivity index (χ1v) is 4.44. The zero-order valence-electron chi connectivity index (χ0n) is 8.26. The van der Waals surface area contributed by atoms with E-state index >= 15 is 0 Å². The number of primary amides is 1. The molecule has 3 nitrogen and oxygen atoms in total. The van der Waals surface area contributed by atoms with Crippen LogP contribution in [0, 0.1) is 0 Å². The van der Waals surface area contributed by atoms with Gasteiger partial charge in [0.1, 0.15) is 0 Å². The minimum atomic E-state index is -0.481. The Morgan fingerprint density at radius 3 is 2.40 bits per heavy atom. The first kappa shape index (κ1) is 10.9. The maximum absolute atomic E-state index is 9.47. The Morgan fingerprint density at radius 1 is 1.27 bits per heavy atom. The molecule has 1 aromatic heterocycles. The Balaban J connectivity index is 0.000000195. The van der Waals surface area contributed by atoms with Crippen molar-refractivity contribution in [2.24, 2.45) is 5.73 Å². The van der Waals surface area contributed by atoms with Crippen LogP contribution >= 0.6 is 0 Å². The van der Waals surface area contributed by atoms with Crippen LogP contribution in [-0.2, 0) is 4.79 Å². The fourth-order valence-corrected chi connectivity index (χ4v) is 1.03. The molecular weight excluding hydrogens is 188 g/mol. The summed E-state index contributed by atoms with van der Waals surface area (Å²) in [6.45, 7) is 3.09. The highest BCUT2D eigenvalue weighted by Gasteiger charge is 1.86. The van der Waals surface area contributed by atoms with E-state index in [1.165, 1.54) is 10.8 Å². The Labute approximate surface area is 88.2 Å². The molecule has 2 rings (SSSR count). The summed E-state index contributed by atoms with van der Waals surface area (Å²) in [5.41, 5.74) is 4.53. The lowest BCUT2D eigenvalue weighted by Gasteiger charge is -1.91. The molecular formula is C12H12N2O. The van der Waals surface area contributed by atoms with Crippen molar-refractivity contribution in [3.63, 3.8) is 0 Å². The van der Waals surface area contributed by atoms with Crippen LogP contribution in [0.15, 0.2) is 55.4 Å². The fourth-order valence-electron chi connectivity index (χ4n) is 1.03. The second kappa shape index (κ2) is 5.54. The van der Waals surface area contributed by atoms with Crippen molar-refractivity contribution in [1.29, 1.82) is 0 Å². The summed E-state index contributed by atoms with van der Waals surface area (Å²) in [6.07, 6.45) is 4.73. The molecule has 2 N–H and O–H groups in total. The Bertz CT molecular complexity index is 400. The largest absolute Gasteiger partial charge is 0.366 e. The highest BCUT2D eigenvalue weighted by Crippen LogP contribution is 2.09. The van der Waals surface area contributed by atoms with E-state index in [2.05, 4.69) is 29.4 Å². The number of hydrogen-bond donors (Lipinski definition) is 1. The number of rotatable bonds is 1. The summed E-state index contributed by atoms with van der Waals surface area (Å²) >= 11 is 0. The minimum absolute atomic E-state index is 0.481. The summed E-state index contributed by atoms with van der Waals surface area (Å²) in [5, 5.41) is 2.45. The van der Waals surface area contributed by atoms with Crippen LogP contribution in [0.3, 0.4) is 0 Å².